The Labute approximate surface area is 120 Å². The minimum absolute atomic E-state index is 0.0135. The van der Waals surface area contributed by atoms with Crippen LogP contribution >= 0.6 is 0 Å². The van der Waals surface area contributed by atoms with E-state index in [4.69, 9.17) is 16.3 Å². The molecule has 3 aromatic rings. The highest BCUT2D eigenvalue weighted by molar-refractivity contribution is 5.81. The molecule has 0 spiro atoms. The maximum atomic E-state index is 9.15. The zero-order valence-corrected chi connectivity index (χ0v) is 11.2. The first kappa shape index (κ1) is 12.6. The summed E-state index contributed by atoms with van der Waals surface area (Å²) in [5.41, 5.74) is 8.97. The van der Waals surface area contributed by atoms with Gasteiger partial charge >= 0.3 is 0 Å². The second kappa shape index (κ2) is 4.62. The fourth-order valence-corrected chi connectivity index (χ4v) is 2.31. The Morgan fingerprint density at radius 2 is 1.86 bits per heavy atom. The van der Waals surface area contributed by atoms with E-state index in [0.717, 1.165) is 16.8 Å². The van der Waals surface area contributed by atoms with Gasteiger partial charge in [0.15, 0.2) is 11.3 Å². The molecule has 3 rings (SSSR count). The van der Waals surface area contributed by atoms with Crippen molar-refractivity contribution >= 4 is 11.5 Å². The summed E-state index contributed by atoms with van der Waals surface area (Å²) < 4.78 is 1.41. The Hall–Kier alpha value is -3.38. The summed E-state index contributed by atoms with van der Waals surface area (Å²) in [6.07, 6.45) is 0. The van der Waals surface area contributed by atoms with Crippen LogP contribution in [0, 0.1) is 29.6 Å². The SMILES string of the molecule is Cc1nn2c(N)c(C#N)c(C#N)nc2c1-c1ccccc1. The average molecular weight is 274 g/mol. The summed E-state index contributed by atoms with van der Waals surface area (Å²) in [6, 6.07) is 13.4. The first-order valence-electron chi connectivity index (χ1n) is 6.21. The molecule has 0 fully saturated rings. The van der Waals surface area contributed by atoms with E-state index < -0.39 is 0 Å². The standard InChI is InChI=1S/C15H10N6/c1-9-13(10-5-3-2-4-6-10)15-19-12(8-17)11(7-16)14(18)21(15)20-9/h2-6H,18H2,1H3. The predicted octanol–water partition coefficient (Wildman–Crippen LogP) is 2.03. The molecule has 2 aromatic heterocycles. The average Bonchev–Trinajstić information content (AvgIpc) is 2.84. The Bertz CT molecular complexity index is 925. The molecule has 21 heavy (non-hydrogen) atoms. The van der Waals surface area contributed by atoms with Crippen LogP contribution in [-0.4, -0.2) is 14.6 Å². The molecule has 0 bridgehead atoms. The van der Waals surface area contributed by atoms with Crippen molar-refractivity contribution in [3.05, 3.63) is 47.3 Å². The van der Waals surface area contributed by atoms with Crippen molar-refractivity contribution in [1.82, 2.24) is 14.6 Å². The molecule has 2 N–H and O–H groups in total. The third kappa shape index (κ3) is 1.78. The second-order valence-electron chi connectivity index (χ2n) is 4.51. The normalized spacial score (nSPS) is 10.2. The molecule has 100 valence electrons. The minimum atomic E-state index is 0.0135. The van der Waals surface area contributed by atoms with Crippen molar-refractivity contribution in [2.45, 2.75) is 6.92 Å². The number of nitrogens with two attached hydrogens (primary N) is 1. The van der Waals surface area contributed by atoms with E-state index in [0.29, 0.717) is 5.65 Å². The number of rotatable bonds is 1. The van der Waals surface area contributed by atoms with Crippen LogP contribution < -0.4 is 5.73 Å². The van der Waals surface area contributed by atoms with Crippen LogP contribution in [0.25, 0.3) is 16.8 Å². The van der Waals surface area contributed by atoms with Crippen molar-refractivity contribution in [2.24, 2.45) is 0 Å². The van der Waals surface area contributed by atoms with Gasteiger partial charge in [0.25, 0.3) is 0 Å². The number of hydrogen-bond acceptors (Lipinski definition) is 5. The third-order valence-corrected chi connectivity index (χ3v) is 3.26. The largest absolute Gasteiger partial charge is 0.382 e. The number of nitriles is 2. The van der Waals surface area contributed by atoms with Crippen LogP contribution in [0.5, 0.6) is 0 Å². The zero-order valence-electron chi connectivity index (χ0n) is 11.2. The monoisotopic (exact) mass is 274 g/mol. The van der Waals surface area contributed by atoms with E-state index in [2.05, 4.69) is 10.1 Å². The summed E-state index contributed by atoms with van der Waals surface area (Å²) in [6.45, 7) is 1.84. The van der Waals surface area contributed by atoms with E-state index in [9.17, 15) is 0 Å². The van der Waals surface area contributed by atoms with Crippen LogP contribution in [0.1, 0.15) is 17.0 Å². The second-order valence-corrected chi connectivity index (χ2v) is 4.51. The smallest absolute Gasteiger partial charge is 0.167 e. The van der Waals surface area contributed by atoms with Gasteiger partial charge < -0.3 is 5.73 Å². The Morgan fingerprint density at radius 1 is 1.14 bits per heavy atom. The molecule has 0 radical (unpaired) electrons. The topological polar surface area (TPSA) is 104 Å². The summed E-state index contributed by atoms with van der Waals surface area (Å²) in [7, 11) is 0. The van der Waals surface area contributed by atoms with Crippen molar-refractivity contribution in [3.63, 3.8) is 0 Å². The number of aryl methyl sites for hydroxylation is 1. The lowest BCUT2D eigenvalue weighted by molar-refractivity contribution is 0.922. The molecule has 0 unspecified atom stereocenters. The Kier molecular flexibility index (Phi) is 2.78. The lowest BCUT2D eigenvalue weighted by atomic mass is 10.1. The van der Waals surface area contributed by atoms with Gasteiger partial charge in [0.05, 0.1) is 5.69 Å². The van der Waals surface area contributed by atoms with Crippen molar-refractivity contribution < 1.29 is 0 Å². The summed E-state index contributed by atoms with van der Waals surface area (Å²) in [5.74, 6) is 0.129. The number of anilines is 1. The van der Waals surface area contributed by atoms with Crippen LogP contribution in [-0.2, 0) is 0 Å². The number of benzene rings is 1. The quantitative estimate of drug-likeness (QED) is 0.731. The van der Waals surface area contributed by atoms with Crippen LogP contribution in [0.15, 0.2) is 30.3 Å². The highest BCUT2D eigenvalue weighted by Gasteiger charge is 2.19. The summed E-state index contributed by atoms with van der Waals surface area (Å²) >= 11 is 0. The first-order chi connectivity index (χ1) is 10.2. The van der Waals surface area contributed by atoms with Gasteiger partial charge in [-0.15, -0.1) is 0 Å². The van der Waals surface area contributed by atoms with E-state index in [1.54, 1.807) is 0 Å². The van der Waals surface area contributed by atoms with Gasteiger partial charge in [0.1, 0.15) is 23.5 Å². The summed E-state index contributed by atoms with van der Waals surface area (Å²) in [5, 5.41) is 22.6. The highest BCUT2D eigenvalue weighted by atomic mass is 15.3. The maximum absolute atomic E-state index is 9.15. The molecule has 1 aromatic carbocycles. The van der Waals surface area contributed by atoms with Crippen molar-refractivity contribution in [1.29, 1.82) is 10.5 Å². The van der Waals surface area contributed by atoms with Gasteiger partial charge in [-0.2, -0.15) is 20.1 Å². The van der Waals surface area contributed by atoms with E-state index in [1.807, 2.05) is 49.4 Å². The molecule has 0 saturated heterocycles. The number of nitrogens with zero attached hydrogens (tertiary/aromatic N) is 5. The zero-order chi connectivity index (χ0) is 15.0. The van der Waals surface area contributed by atoms with Gasteiger partial charge in [-0.25, -0.2) is 4.98 Å². The molecule has 6 heteroatoms. The number of hydrogen-bond donors (Lipinski definition) is 1. The minimum Gasteiger partial charge on any atom is -0.382 e. The molecule has 0 aliphatic heterocycles. The van der Waals surface area contributed by atoms with Gasteiger partial charge in [-0.3, -0.25) is 0 Å². The van der Waals surface area contributed by atoms with Gasteiger partial charge in [0, 0.05) is 5.56 Å². The Balaban J connectivity index is 2.45. The van der Waals surface area contributed by atoms with E-state index in [-0.39, 0.29) is 17.1 Å². The molecule has 0 aliphatic rings. The predicted molar refractivity (Wildman–Crippen MR) is 77.0 cm³/mol. The van der Waals surface area contributed by atoms with Gasteiger partial charge in [0.2, 0.25) is 0 Å². The highest BCUT2D eigenvalue weighted by Crippen LogP contribution is 2.29. The fraction of sp³-hybridized carbons (Fsp3) is 0.0667. The van der Waals surface area contributed by atoms with E-state index in [1.165, 1.54) is 4.52 Å². The number of nitrogen functional groups attached to an aromatic ring is 1. The molecule has 0 saturated carbocycles. The van der Waals surface area contributed by atoms with Crippen LogP contribution in [0.3, 0.4) is 0 Å². The first-order valence-corrected chi connectivity index (χ1v) is 6.21. The van der Waals surface area contributed by atoms with Gasteiger partial charge in [-0.1, -0.05) is 30.3 Å². The Morgan fingerprint density at radius 3 is 2.48 bits per heavy atom. The number of aromatic nitrogens is 3. The molecular formula is C15H10N6. The maximum Gasteiger partial charge on any atom is 0.167 e. The molecule has 0 aliphatic carbocycles. The number of fused-ring (bicyclic) bond motifs is 1. The van der Waals surface area contributed by atoms with Crippen molar-refractivity contribution in [3.8, 4) is 23.3 Å². The molecular weight excluding hydrogens is 264 g/mol. The molecule has 0 amide bonds. The van der Waals surface area contributed by atoms with E-state index >= 15 is 0 Å². The molecule has 0 atom stereocenters. The lowest BCUT2D eigenvalue weighted by Crippen LogP contribution is -2.06. The fourth-order valence-electron chi connectivity index (χ4n) is 2.31. The van der Waals surface area contributed by atoms with Gasteiger partial charge in [-0.05, 0) is 12.5 Å². The third-order valence-electron chi connectivity index (χ3n) is 3.26. The molecule has 6 nitrogen and oxygen atoms in total. The van der Waals surface area contributed by atoms with Crippen molar-refractivity contribution in [2.75, 3.05) is 5.73 Å². The lowest BCUT2D eigenvalue weighted by Gasteiger charge is -2.04. The summed E-state index contributed by atoms with van der Waals surface area (Å²) in [4.78, 5) is 4.26. The van der Waals surface area contributed by atoms with Crippen LogP contribution in [0.4, 0.5) is 5.82 Å². The van der Waals surface area contributed by atoms with Crippen LogP contribution in [0.2, 0.25) is 0 Å². The molecule has 2 heterocycles.